The number of nitrogens with one attached hydrogen (secondary N) is 1. The number of aryl methyl sites for hydroxylation is 1. The van der Waals surface area contributed by atoms with Crippen LogP contribution in [-0.4, -0.2) is 24.5 Å². The number of hydrogen-bond donors (Lipinski definition) is 1. The molecule has 11 heteroatoms. The molecule has 0 aliphatic heterocycles. The Labute approximate surface area is 219 Å². The number of alkyl halides is 6. The van der Waals surface area contributed by atoms with Crippen LogP contribution in [0.25, 0.3) is 0 Å². The van der Waals surface area contributed by atoms with Gasteiger partial charge in [0.2, 0.25) is 0 Å². The van der Waals surface area contributed by atoms with Crippen molar-refractivity contribution in [3.05, 3.63) is 88.8 Å². The standard InChI is InChI=1S/C27H24F7NO2S/c1-16-14-20(17(2)35-25(36)26(29,30)31)7-5-6-18(16)10-11-19-12-13-21(37-27(32,33)34)15-24(19)38-23-9-4-3-8-22(23)28/h3-4,6-9,12-15,17H,5,10-11H2,1-2H3,(H,35,36)/t17-/m0/s1. The lowest BCUT2D eigenvalue weighted by Crippen LogP contribution is -2.42. The van der Waals surface area contributed by atoms with E-state index >= 15 is 0 Å². The number of allylic oxidation sites excluding steroid dienone is 4. The van der Waals surface area contributed by atoms with Gasteiger partial charge in [-0.05, 0) is 79.7 Å². The molecule has 1 amide bonds. The Balaban J connectivity index is 1.78. The van der Waals surface area contributed by atoms with Crippen molar-refractivity contribution in [1.82, 2.24) is 5.32 Å². The molecular weight excluding hydrogens is 535 g/mol. The van der Waals surface area contributed by atoms with E-state index in [0.29, 0.717) is 35.3 Å². The Morgan fingerprint density at radius 2 is 1.74 bits per heavy atom. The third-order valence-electron chi connectivity index (χ3n) is 5.70. The Morgan fingerprint density at radius 1 is 1.03 bits per heavy atom. The van der Waals surface area contributed by atoms with Gasteiger partial charge in [-0.2, -0.15) is 13.2 Å². The van der Waals surface area contributed by atoms with Gasteiger partial charge in [-0.15, -0.1) is 13.2 Å². The third-order valence-corrected chi connectivity index (χ3v) is 6.86. The minimum Gasteiger partial charge on any atom is -0.406 e. The van der Waals surface area contributed by atoms with Crippen molar-refractivity contribution in [2.75, 3.05) is 0 Å². The van der Waals surface area contributed by atoms with E-state index in [4.69, 9.17) is 0 Å². The minimum atomic E-state index is -4.99. The molecule has 2 aromatic rings. The quantitative estimate of drug-likeness (QED) is 0.333. The van der Waals surface area contributed by atoms with Crippen LogP contribution >= 0.6 is 11.8 Å². The molecule has 0 saturated carbocycles. The summed E-state index contributed by atoms with van der Waals surface area (Å²) < 4.78 is 94.4. The van der Waals surface area contributed by atoms with Gasteiger partial charge in [-0.25, -0.2) is 4.39 Å². The van der Waals surface area contributed by atoms with Crippen LogP contribution in [0.5, 0.6) is 5.75 Å². The van der Waals surface area contributed by atoms with Crippen molar-refractivity contribution in [2.24, 2.45) is 0 Å². The first-order valence-electron chi connectivity index (χ1n) is 11.5. The van der Waals surface area contributed by atoms with Crippen molar-refractivity contribution < 1.29 is 40.3 Å². The lowest BCUT2D eigenvalue weighted by Gasteiger charge is -2.17. The van der Waals surface area contributed by atoms with E-state index in [-0.39, 0.29) is 4.90 Å². The van der Waals surface area contributed by atoms with Crippen molar-refractivity contribution in [1.29, 1.82) is 0 Å². The molecule has 0 radical (unpaired) electrons. The highest BCUT2D eigenvalue weighted by Gasteiger charge is 2.39. The second kappa shape index (κ2) is 12.1. The molecule has 2 aromatic carbocycles. The lowest BCUT2D eigenvalue weighted by atomic mass is 9.97. The Morgan fingerprint density at radius 3 is 2.39 bits per heavy atom. The fourth-order valence-corrected chi connectivity index (χ4v) is 4.84. The summed E-state index contributed by atoms with van der Waals surface area (Å²) in [6.07, 6.45) is -3.25. The van der Waals surface area contributed by atoms with E-state index in [0.717, 1.165) is 22.9 Å². The molecular formula is C27H24F7NO2S. The van der Waals surface area contributed by atoms with Crippen molar-refractivity contribution >= 4 is 17.7 Å². The maximum absolute atomic E-state index is 14.3. The minimum absolute atomic E-state index is 0.242. The molecule has 1 N–H and O–H groups in total. The highest BCUT2D eigenvalue weighted by atomic mass is 32.2. The molecule has 3 nitrogen and oxygen atoms in total. The SMILES string of the molecule is CC1=CC([C@H](C)NC(=O)C(F)(F)F)=CCC=C1CCc1ccc(OC(F)(F)F)cc1Sc1ccccc1F. The first-order chi connectivity index (χ1) is 17.7. The third kappa shape index (κ3) is 8.41. The van der Waals surface area contributed by atoms with Crippen LogP contribution in [-0.2, 0) is 11.2 Å². The summed E-state index contributed by atoms with van der Waals surface area (Å²) >= 11 is 0.986. The van der Waals surface area contributed by atoms with Gasteiger partial charge in [0.25, 0.3) is 0 Å². The molecule has 0 spiro atoms. The largest absolute Gasteiger partial charge is 0.573 e. The number of rotatable bonds is 8. The van der Waals surface area contributed by atoms with Crippen molar-refractivity contribution in [3.63, 3.8) is 0 Å². The smallest absolute Gasteiger partial charge is 0.406 e. The number of amides is 1. The molecule has 1 aliphatic rings. The Hall–Kier alpha value is -3.21. The zero-order valence-corrected chi connectivity index (χ0v) is 21.2. The lowest BCUT2D eigenvalue weighted by molar-refractivity contribution is -0.274. The summed E-state index contributed by atoms with van der Waals surface area (Å²) in [5.74, 6) is -2.96. The van der Waals surface area contributed by atoms with Gasteiger partial charge < -0.3 is 10.1 Å². The zero-order chi connectivity index (χ0) is 28.1. The maximum Gasteiger partial charge on any atom is 0.573 e. The van der Waals surface area contributed by atoms with Gasteiger partial charge in [0.05, 0.1) is 6.04 Å². The van der Waals surface area contributed by atoms with E-state index in [1.807, 2.05) is 11.4 Å². The maximum atomic E-state index is 14.3. The highest BCUT2D eigenvalue weighted by molar-refractivity contribution is 7.99. The fraction of sp³-hybridized carbons (Fsp3) is 0.296. The van der Waals surface area contributed by atoms with Crippen molar-refractivity contribution in [2.45, 2.75) is 61.5 Å². The van der Waals surface area contributed by atoms with Crippen LogP contribution in [0.2, 0.25) is 0 Å². The molecule has 0 unspecified atom stereocenters. The summed E-state index contributed by atoms with van der Waals surface area (Å²) in [6.45, 7) is 3.25. The van der Waals surface area contributed by atoms with Crippen LogP contribution in [0.4, 0.5) is 30.7 Å². The van der Waals surface area contributed by atoms with Gasteiger partial charge in [0.1, 0.15) is 11.6 Å². The Bertz CT molecular complexity index is 1260. The predicted octanol–water partition coefficient (Wildman–Crippen LogP) is 8.08. The van der Waals surface area contributed by atoms with Crippen LogP contribution in [0.3, 0.4) is 0 Å². The number of halogens is 7. The molecule has 204 valence electrons. The number of carbonyl (C=O) groups excluding carboxylic acids is 1. The van der Waals surface area contributed by atoms with E-state index in [9.17, 15) is 35.5 Å². The second-order valence-corrected chi connectivity index (χ2v) is 9.62. The van der Waals surface area contributed by atoms with Crippen LogP contribution in [0.15, 0.2) is 87.2 Å². The van der Waals surface area contributed by atoms with Gasteiger partial charge in [-0.1, -0.05) is 48.2 Å². The highest BCUT2D eigenvalue weighted by Crippen LogP contribution is 2.37. The number of carbonyl (C=O) groups is 1. The molecule has 1 aliphatic carbocycles. The first-order valence-corrected chi connectivity index (χ1v) is 12.3. The molecule has 38 heavy (non-hydrogen) atoms. The van der Waals surface area contributed by atoms with Gasteiger partial charge in [-0.3, -0.25) is 4.79 Å². The summed E-state index contributed by atoms with van der Waals surface area (Å²) in [5, 5.41) is 1.94. The summed E-state index contributed by atoms with van der Waals surface area (Å²) in [4.78, 5) is 11.9. The Kier molecular flexibility index (Phi) is 9.35. The molecule has 0 aromatic heterocycles. The van der Waals surface area contributed by atoms with Crippen LogP contribution in [0.1, 0.15) is 32.3 Å². The average Bonchev–Trinajstić information content (AvgIpc) is 2.99. The molecule has 1 atom stereocenters. The topological polar surface area (TPSA) is 38.3 Å². The van der Waals surface area contributed by atoms with Gasteiger partial charge in [0, 0.05) is 9.79 Å². The monoisotopic (exact) mass is 559 g/mol. The molecule has 0 fully saturated rings. The van der Waals surface area contributed by atoms with Gasteiger partial charge >= 0.3 is 18.4 Å². The average molecular weight is 560 g/mol. The van der Waals surface area contributed by atoms with Crippen molar-refractivity contribution in [3.8, 4) is 5.75 Å². The molecule has 0 heterocycles. The second-order valence-electron chi connectivity index (χ2n) is 8.54. The van der Waals surface area contributed by atoms with Crippen LogP contribution < -0.4 is 10.1 Å². The number of benzene rings is 2. The molecule has 0 saturated heterocycles. The predicted molar refractivity (Wildman–Crippen MR) is 130 cm³/mol. The number of hydrogen-bond acceptors (Lipinski definition) is 3. The summed E-state index contributed by atoms with van der Waals surface area (Å²) in [7, 11) is 0. The van der Waals surface area contributed by atoms with E-state index in [2.05, 4.69) is 4.74 Å². The van der Waals surface area contributed by atoms with E-state index < -0.39 is 36.1 Å². The summed E-state index contributed by atoms with van der Waals surface area (Å²) in [6, 6.07) is 8.95. The first kappa shape index (κ1) is 29.3. The number of ether oxygens (including phenoxy) is 1. The summed E-state index contributed by atoms with van der Waals surface area (Å²) in [5.41, 5.74) is 2.87. The van der Waals surface area contributed by atoms with E-state index in [1.165, 1.54) is 43.3 Å². The molecule has 3 rings (SSSR count). The van der Waals surface area contributed by atoms with E-state index in [1.54, 1.807) is 25.1 Å². The van der Waals surface area contributed by atoms with Gasteiger partial charge in [0.15, 0.2) is 0 Å². The fourth-order valence-electron chi connectivity index (χ4n) is 3.81. The van der Waals surface area contributed by atoms with Crippen LogP contribution in [0, 0.1) is 5.82 Å². The zero-order valence-electron chi connectivity index (χ0n) is 20.3. The normalized spacial score (nSPS) is 15.1. The molecule has 0 bridgehead atoms.